The van der Waals surface area contributed by atoms with E-state index < -0.39 is 0 Å². The van der Waals surface area contributed by atoms with Crippen molar-refractivity contribution in [3.05, 3.63) is 51.7 Å². The number of carbonyl (C=O) groups is 2. The molecular formula is C15H16N2O3S. The Morgan fingerprint density at radius 3 is 2.62 bits per heavy atom. The zero-order valence-electron chi connectivity index (χ0n) is 11.6. The third-order valence-electron chi connectivity index (χ3n) is 2.84. The first-order valence-corrected chi connectivity index (χ1v) is 7.25. The second-order valence-electron chi connectivity index (χ2n) is 4.46. The summed E-state index contributed by atoms with van der Waals surface area (Å²) in [7, 11) is 0. The highest BCUT2D eigenvalue weighted by Crippen LogP contribution is 2.15. The molecule has 0 bridgehead atoms. The minimum atomic E-state index is -0.336. The van der Waals surface area contributed by atoms with Crippen molar-refractivity contribution in [2.24, 2.45) is 0 Å². The van der Waals surface area contributed by atoms with E-state index in [1.54, 1.807) is 30.3 Å². The lowest BCUT2D eigenvalue weighted by atomic mass is 10.2. The van der Waals surface area contributed by atoms with Crippen molar-refractivity contribution in [1.29, 1.82) is 0 Å². The van der Waals surface area contributed by atoms with Crippen LogP contribution in [0.2, 0.25) is 0 Å². The first-order valence-electron chi connectivity index (χ1n) is 6.43. The number of amides is 2. The molecular weight excluding hydrogens is 288 g/mol. The number of nitrogens with one attached hydrogen (secondary N) is 2. The molecule has 0 atom stereocenters. The van der Waals surface area contributed by atoms with Crippen molar-refractivity contribution in [2.45, 2.75) is 13.5 Å². The van der Waals surface area contributed by atoms with Gasteiger partial charge in [0.1, 0.15) is 0 Å². The standard InChI is InChI=1S/C15H16N2O3S/c1-10-6-7-13(21-10)15(20)16-8-14(19)17-12-5-3-2-4-11(12)9-18/h2-7,18H,8-9H2,1H3,(H,16,20)(H,17,19). The number of rotatable bonds is 5. The van der Waals surface area contributed by atoms with Crippen molar-refractivity contribution >= 4 is 28.8 Å². The number of carbonyl (C=O) groups excluding carboxylic acids is 2. The maximum atomic E-state index is 11.8. The Labute approximate surface area is 126 Å². The Morgan fingerprint density at radius 2 is 1.95 bits per heavy atom. The summed E-state index contributed by atoms with van der Waals surface area (Å²) in [5.41, 5.74) is 1.18. The van der Waals surface area contributed by atoms with Crippen molar-refractivity contribution in [1.82, 2.24) is 5.32 Å². The molecule has 0 aliphatic heterocycles. The molecule has 1 heterocycles. The lowest BCUT2D eigenvalue weighted by Crippen LogP contribution is -2.32. The Hall–Kier alpha value is -2.18. The zero-order chi connectivity index (χ0) is 15.2. The quantitative estimate of drug-likeness (QED) is 0.789. The van der Waals surface area contributed by atoms with E-state index in [0.29, 0.717) is 16.1 Å². The van der Waals surface area contributed by atoms with Gasteiger partial charge in [-0.1, -0.05) is 18.2 Å². The van der Waals surface area contributed by atoms with Gasteiger partial charge < -0.3 is 15.7 Å². The highest BCUT2D eigenvalue weighted by atomic mass is 32.1. The van der Waals surface area contributed by atoms with Crippen LogP contribution >= 0.6 is 11.3 Å². The molecule has 0 unspecified atom stereocenters. The van der Waals surface area contributed by atoms with Crippen LogP contribution in [0, 0.1) is 6.92 Å². The molecule has 0 fully saturated rings. The van der Waals surface area contributed by atoms with Gasteiger partial charge in [-0.2, -0.15) is 0 Å². The molecule has 110 valence electrons. The van der Waals surface area contributed by atoms with Crippen LogP contribution in [0.25, 0.3) is 0 Å². The van der Waals surface area contributed by atoms with Gasteiger partial charge in [0.2, 0.25) is 5.91 Å². The number of benzene rings is 1. The molecule has 5 nitrogen and oxygen atoms in total. The van der Waals surface area contributed by atoms with Crippen LogP contribution in [0.15, 0.2) is 36.4 Å². The summed E-state index contributed by atoms with van der Waals surface area (Å²) in [4.78, 5) is 25.3. The van der Waals surface area contributed by atoms with Gasteiger partial charge in [0.25, 0.3) is 5.91 Å². The van der Waals surface area contributed by atoms with Gasteiger partial charge in [-0.05, 0) is 25.1 Å². The number of aryl methyl sites for hydroxylation is 1. The number of aliphatic hydroxyl groups excluding tert-OH is 1. The van der Waals surface area contributed by atoms with Crippen LogP contribution in [-0.2, 0) is 11.4 Å². The molecule has 2 amide bonds. The first kappa shape index (κ1) is 15.2. The Kier molecular flexibility index (Phi) is 5.08. The summed E-state index contributed by atoms with van der Waals surface area (Å²) in [5, 5.41) is 14.4. The molecule has 6 heteroatoms. The fraction of sp³-hybridized carbons (Fsp3) is 0.200. The number of hydrogen-bond acceptors (Lipinski definition) is 4. The smallest absolute Gasteiger partial charge is 0.261 e. The minimum Gasteiger partial charge on any atom is -0.392 e. The Balaban J connectivity index is 1.89. The van der Waals surface area contributed by atoms with E-state index in [1.807, 2.05) is 13.0 Å². The van der Waals surface area contributed by atoms with E-state index in [0.717, 1.165) is 4.88 Å². The molecule has 3 N–H and O–H groups in total. The third-order valence-corrected chi connectivity index (χ3v) is 3.83. The normalized spacial score (nSPS) is 10.2. The molecule has 0 saturated carbocycles. The van der Waals surface area contributed by atoms with Crippen molar-refractivity contribution in [3.8, 4) is 0 Å². The van der Waals surface area contributed by atoms with E-state index >= 15 is 0 Å². The molecule has 2 aromatic rings. The first-order chi connectivity index (χ1) is 10.1. The summed E-state index contributed by atoms with van der Waals surface area (Å²) in [5.74, 6) is -0.601. The third kappa shape index (κ3) is 4.14. The fourth-order valence-electron chi connectivity index (χ4n) is 1.78. The maximum Gasteiger partial charge on any atom is 0.261 e. The molecule has 0 spiro atoms. The molecule has 0 saturated heterocycles. The van der Waals surface area contributed by atoms with Gasteiger partial charge in [-0.25, -0.2) is 0 Å². The Morgan fingerprint density at radius 1 is 1.19 bits per heavy atom. The Bertz CT molecular complexity index is 652. The average molecular weight is 304 g/mol. The van der Waals surface area contributed by atoms with Crippen molar-refractivity contribution in [3.63, 3.8) is 0 Å². The molecule has 0 radical (unpaired) electrons. The predicted molar refractivity (Wildman–Crippen MR) is 82.4 cm³/mol. The van der Waals surface area contributed by atoms with E-state index in [9.17, 15) is 14.7 Å². The monoisotopic (exact) mass is 304 g/mol. The van der Waals surface area contributed by atoms with E-state index in [2.05, 4.69) is 10.6 Å². The molecule has 0 aliphatic rings. The second-order valence-corrected chi connectivity index (χ2v) is 5.74. The van der Waals surface area contributed by atoms with Gasteiger partial charge in [0, 0.05) is 16.1 Å². The summed E-state index contributed by atoms with van der Waals surface area (Å²) >= 11 is 1.38. The van der Waals surface area contributed by atoms with E-state index in [4.69, 9.17) is 0 Å². The van der Waals surface area contributed by atoms with Gasteiger partial charge >= 0.3 is 0 Å². The fourth-order valence-corrected chi connectivity index (χ4v) is 2.56. The number of aliphatic hydroxyl groups is 1. The van der Waals surface area contributed by atoms with Crippen molar-refractivity contribution in [2.75, 3.05) is 11.9 Å². The average Bonchev–Trinajstić information content (AvgIpc) is 2.92. The summed E-state index contributed by atoms with van der Waals surface area (Å²) in [6.45, 7) is 1.65. The van der Waals surface area contributed by atoms with Crippen LogP contribution in [0.3, 0.4) is 0 Å². The van der Waals surface area contributed by atoms with E-state index in [1.165, 1.54) is 11.3 Å². The van der Waals surface area contributed by atoms with Crippen LogP contribution in [0.5, 0.6) is 0 Å². The molecule has 0 aliphatic carbocycles. The molecule has 21 heavy (non-hydrogen) atoms. The minimum absolute atomic E-state index is 0.116. The zero-order valence-corrected chi connectivity index (χ0v) is 12.4. The number of anilines is 1. The van der Waals surface area contributed by atoms with Gasteiger partial charge in [-0.15, -0.1) is 11.3 Å². The van der Waals surface area contributed by atoms with Crippen LogP contribution < -0.4 is 10.6 Å². The molecule has 1 aromatic heterocycles. The predicted octanol–water partition coefficient (Wildman–Crippen LogP) is 1.92. The van der Waals surface area contributed by atoms with Gasteiger partial charge in [0.05, 0.1) is 18.0 Å². The largest absolute Gasteiger partial charge is 0.392 e. The van der Waals surface area contributed by atoms with Crippen LogP contribution in [0.1, 0.15) is 20.1 Å². The SMILES string of the molecule is Cc1ccc(C(=O)NCC(=O)Nc2ccccc2CO)s1. The van der Waals surface area contributed by atoms with E-state index in [-0.39, 0.29) is 25.0 Å². The molecule has 2 rings (SSSR count). The number of hydrogen-bond donors (Lipinski definition) is 3. The van der Waals surface area contributed by atoms with Gasteiger partial charge in [0.15, 0.2) is 0 Å². The number of para-hydroxylation sites is 1. The summed E-state index contributed by atoms with van der Waals surface area (Å²) < 4.78 is 0. The number of thiophene rings is 1. The highest BCUT2D eigenvalue weighted by molar-refractivity contribution is 7.13. The summed E-state index contributed by atoms with van der Waals surface area (Å²) in [6, 6.07) is 10.6. The lowest BCUT2D eigenvalue weighted by molar-refractivity contribution is -0.115. The summed E-state index contributed by atoms with van der Waals surface area (Å²) in [6.07, 6.45) is 0. The highest BCUT2D eigenvalue weighted by Gasteiger charge is 2.10. The maximum absolute atomic E-state index is 11.8. The molecule has 1 aromatic carbocycles. The topological polar surface area (TPSA) is 78.4 Å². The lowest BCUT2D eigenvalue weighted by Gasteiger charge is -2.09. The van der Waals surface area contributed by atoms with Crippen molar-refractivity contribution < 1.29 is 14.7 Å². The van der Waals surface area contributed by atoms with Gasteiger partial charge in [-0.3, -0.25) is 9.59 Å². The van der Waals surface area contributed by atoms with Crippen LogP contribution in [0.4, 0.5) is 5.69 Å². The second kappa shape index (κ2) is 7.01. The van der Waals surface area contributed by atoms with Crippen LogP contribution in [-0.4, -0.2) is 23.5 Å².